The van der Waals surface area contributed by atoms with E-state index in [4.69, 9.17) is 4.74 Å². The van der Waals surface area contributed by atoms with Gasteiger partial charge >= 0.3 is 12.1 Å². The first kappa shape index (κ1) is 25.7. The third-order valence-electron chi connectivity index (χ3n) is 6.62. The van der Waals surface area contributed by atoms with Crippen LogP contribution < -0.4 is 5.32 Å². The van der Waals surface area contributed by atoms with Gasteiger partial charge in [0.15, 0.2) is 0 Å². The SMILES string of the molecule is O=C(O)CN(Cc1ccccc1)C(=O)c1cc(F)ccc1NC(=O)OCC1c2ccccc2-c2ccccc21. The number of aliphatic carboxylic acids is 1. The van der Waals surface area contributed by atoms with Gasteiger partial charge in [-0.15, -0.1) is 0 Å². The Hall–Kier alpha value is -4.98. The molecule has 4 aromatic rings. The maximum atomic E-state index is 14.2. The van der Waals surface area contributed by atoms with E-state index in [0.717, 1.165) is 39.3 Å². The minimum absolute atomic E-state index is 0.00707. The number of carbonyl (C=O) groups is 3. The van der Waals surface area contributed by atoms with Gasteiger partial charge in [-0.3, -0.25) is 14.9 Å². The van der Waals surface area contributed by atoms with Gasteiger partial charge in [0.05, 0.1) is 11.3 Å². The molecule has 0 heterocycles. The largest absolute Gasteiger partial charge is 0.480 e. The molecule has 0 atom stereocenters. The summed E-state index contributed by atoms with van der Waals surface area (Å²) < 4.78 is 19.8. The Morgan fingerprint density at radius 2 is 1.46 bits per heavy atom. The zero-order valence-electron chi connectivity index (χ0n) is 20.8. The van der Waals surface area contributed by atoms with Crippen molar-refractivity contribution in [3.05, 3.63) is 125 Å². The molecule has 0 fully saturated rings. The second-order valence-corrected chi connectivity index (χ2v) is 9.18. The molecule has 0 saturated carbocycles. The Balaban J connectivity index is 1.33. The molecule has 0 radical (unpaired) electrons. The number of benzene rings is 4. The molecule has 0 saturated heterocycles. The van der Waals surface area contributed by atoms with Gasteiger partial charge in [0.2, 0.25) is 0 Å². The lowest BCUT2D eigenvalue weighted by Crippen LogP contribution is -2.35. The van der Waals surface area contributed by atoms with Gasteiger partial charge in [0.25, 0.3) is 5.91 Å². The van der Waals surface area contributed by atoms with E-state index in [1.54, 1.807) is 30.3 Å². The molecule has 0 aromatic heterocycles. The predicted molar refractivity (Wildman–Crippen MR) is 144 cm³/mol. The van der Waals surface area contributed by atoms with Crippen molar-refractivity contribution in [3.63, 3.8) is 0 Å². The summed E-state index contributed by atoms with van der Waals surface area (Å²) in [5, 5.41) is 11.9. The van der Waals surface area contributed by atoms with Crippen LogP contribution in [0.2, 0.25) is 0 Å². The number of nitrogens with one attached hydrogen (secondary N) is 1. The van der Waals surface area contributed by atoms with Crippen molar-refractivity contribution in [2.75, 3.05) is 18.5 Å². The summed E-state index contributed by atoms with van der Waals surface area (Å²) in [5.41, 5.74) is 4.82. The maximum Gasteiger partial charge on any atom is 0.411 e. The molecule has 0 aliphatic heterocycles. The minimum atomic E-state index is -1.22. The minimum Gasteiger partial charge on any atom is -0.480 e. The zero-order valence-corrected chi connectivity index (χ0v) is 20.8. The summed E-state index contributed by atoms with van der Waals surface area (Å²) in [5.74, 6) is -2.82. The molecular weight excluding hydrogens is 499 g/mol. The van der Waals surface area contributed by atoms with Crippen molar-refractivity contribution >= 4 is 23.7 Å². The monoisotopic (exact) mass is 524 g/mol. The molecule has 4 aromatic carbocycles. The Bertz CT molecular complexity index is 1490. The first-order chi connectivity index (χ1) is 18.9. The standard InChI is InChI=1S/C31H25FN2O5/c32-21-14-15-28(26(16-21)30(37)34(18-29(35)36)17-20-8-2-1-3-9-20)33-31(38)39-19-27-24-12-6-4-10-22(24)23-11-5-7-13-25(23)27/h1-16,27H,17-19H2,(H,33,38)(H,35,36). The number of nitrogens with zero attached hydrogens (tertiary/aromatic N) is 1. The van der Waals surface area contributed by atoms with Crippen molar-refractivity contribution in [1.82, 2.24) is 4.90 Å². The van der Waals surface area contributed by atoms with E-state index in [-0.39, 0.29) is 30.3 Å². The summed E-state index contributed by atoms with van der Waals surface area (Å²) in [4.78, 5) is 38.8. The molecule has 39 heavy (non-hydrogen) atoms. The van der Waals surface area contributed by atoms with E-state index in [2.05, 4.69) is 5.32 Å². The number of carbonyl (C=O) groups excluding carboxylic acids is 2. The Morgan fingerprint density at radius 1 is 0.846 bits per heavy atom. The van der Waals surface area contributed by atoms with Gasteiger partial charge in [-0.1, -0.05) is 78.9 Å². The van der Waals surface area contributed by atoms with E-state index in [9.17, 15) is 23.9 Å². The molecule has 1 aliphatic carbocycles. The highest BCUT2D eigenvalue weighted by Crippen LogP contribution is 2.44. The lowest BCUT2D eigenvalue weighted by atomic mass is 9.98. The van der Waals surface area contributed by atoms with E-state index >= 15 is 0 Å². The second kappa shape index (κ2) is 11.2. The predicted octanol–water partition coefficient (Wildman–Crippen LogP) is 5.91. The number of hydrogen-bond donors (Lipinski definition) is 2. The summed E-state index contributed by atoms with van der Waals surface area (Å²) >= 11 is 0. The maximum absolute atomic E-state index is 14.2. The number of amides is 2. The van der Waals surface area contributed by atoms with Gasteiger partial charge < -0.3 is 14.7 Å². The van der Waals surface area contributed by atoms with Crippen LogP contribution in [0.3, 0.4) is 0 Å². The van der Waals surface area contributed by atoms with Gasteiger partial charge in [0, 0.05) is 12.5 Å². The number of fused-ring (bicyclic) bond motifs is 3. The van der Waals surface area contributed by atoms with E-state index < -0.39 is 30.3 Å². The number of carboxylic acid groups (broad SMARTS) is 1. The van der Waals surface area contributed by atoms with Crippen molar-refractivity contribution in [1.29, 1.82) is 0 Å². The quantitative estimate of drug-likeness (QED) is 0.299. The zero-order chi connectivity index (χ0) is 27.4. The summed E-state index contributed by atoms with van der Waals surface area (Å²) in [7, 11) is 0. The molecule has 2 amide bonds. The highest BCUT2D eigenvalue weighted by Gasteiger charge is 2.29. The molecule has 0 unspecified atom stereocenters. The van der Waals surface area contributed by atoms with Crippen LogP contribution in [0.4, 0.5) is 14.9 Å². The molecule has 7 nitrogen and oxygen atoms in total. The van der Waals surface area contributed by atoms with Crippen LogP contribution in [0.5, 0.6) is 0 Å². The van der Waals surface area contributed by atoms with Crippen LogP contribution in [0, 0.1) is 5.82 Å². The number of anilines is 1. The lowest BCUT2D eigenvalue weighted by molar-refractivity contribution is -0.137. The van der Waals surface area contributed by atoms with Gasteiger partial charge in [-0.2, -0.15) is 0 Å². The van der Waals surface area contributed by atoms with Crippen molar-refractivity contribution in [3.8, 4) is 11.1 Å². The Labute approximate surface area is 224 Å². The van der Waals surface area contributed by atoms with Crippen LogP contribution in [-0.4, -0.2) is 41.1 Å². The van der Waals surface area contributed by atoms with E-state index in [1.165, 1.54) is 6.07 Å². The number of ether oxygens (including phenoxy) is 1. The molecular formula is C31H25FN2O5. The van der Waals surface area contributed by atoms with Gasteiger partial charge in [-0.25, -0.2) is 9.18 Å². The van der Waals surface area contributed by atoms with Crippen LogP contribution in [-0.2, 0) is 16.1 Å². The molecule has 8 heteroatoms. The molecule has 0 spiro atoms. The number of carboxylic acids is 1. The number of hydrogen-bond acceptors (Lipinski definition) is 4. The average molecular weight is 525 g/mol. The molecule has 196 valence electrons. The van der Waals surface area contributed by atoms with Gasteiger partial charge in [-0.05, 0) is 46.0 Å². The molecule has 2 N–H and O–H groups in total. The highest BCUT2D eigenvalue weighted by atomic mass is 19.1. The number of halogens is 1. The molecule has 1 aliphatic rings. The summed E-state index contributed by atoms with van der Waals surface area (Å²) in [6, 6.07) is 28.0. The second-order valence-electron chi connectivity index (χ2n) is 9.18. The van der Waals surface area contributed by atoms with Crippen molar-refractivity contribution in [2.45, 2.75) is 12.5 Å². The molecule has 5 rings (SSSR count). The fraction of sp³-hybridized carbons (Fsp3) is 0.129. The fourth-order valence-corrected chi connectivity index (χ4v) is 4.88. The van der Waals surface area contributed by atoms with Crippen LogP contribution in [0.25, 0.3) is 11.1 Å². The molecule has 0 bridgehead atoms. The highest BCUT2D eigenvalue weighted by molar-refractivity contribution is 6.03. The lowest BCUT2D eigenvalue weighted by Gasteiger charge is -2.22. The van der Waals surface area contributed by atoms with Crippen LogP contribution in [0.1, 0.15) is 33.0 Å². The van der Waals surface area contributed by atoms with Crippen molar-refractivity contribution < 1.29 is 28.6 Å². The fourth-order valence-electron chi connectivity index (χ4n) is 4.88. The van der Waals surface area contributed by atoms with Crippen LogP contribution in [0.15, 0.2) is 97.1 Å². The Morgan fingerprint density at radius 3 is 2.10 bits per heavy atom. The van der Waals surface area contributed by atoms with Crippen molar-refractivity contribution in [2.24, 2.45) is 0 Å². The normalized spacial score (nSPS) is 11.8. The summed E-state index contributed by atoms with van der Waals surface area (Å²) in [6.45, 7) is -0.551. The first-order valence-corrected chi connectivity index (χ1v) is 12.4. The summed E-state index contributed by atoms with van der Waals surface area (Å²) in [6.07, 6.45) is -0.814. The first-order valence-electron chi connectivity index (χ1n) is 12.4. The third kappa shape index (κ3) is 5.65. The average Bonchev–Trinajstić information content (AvgIpc) is 3.26. The van der Waals surface area contributed by atoms with Crippen LogP contribution >= 0.6 is 0 Å². The third-order valence-corrected chi connectivity index (χ3v) is 6.62. The smallest absolute Gasteiger partial charge is 0.411 e. The Kier molecular flexibility index (Phi) is 7.36. The topological polar surface area (TPSA) is 95.9 Å². The van der Waals surface area contributed by atoms with Gasteiger partial charge in [0.1, 0.15) is 19.0 Å². The van der Waals surface area contributed by atoms with E-state index in [0.29, 0.717) is 5.56 Å². The number of rotatable bonds is 8. The van der Waals surface area contributed by atoms with E-state index in [1.807, 2.05) is 48.5 Å².